The molecule has 0 bridgehead atoms. The summed E-state index contributed by atoms with van der Waals surface area (Å²) in [7, 11) is 4.94. The first-order valence-electron chi connectivity index (χ1n) is 9.02. The number of methoxy groups -OCH3 is 2. The summed E-state index contributed by atoms with van der Waals surface area (Å²) in [5, 5.41) is 8.12. The van der Waals surface area contributed by atoms with E-state index in [1.54, 1.807) is 44.4 Å². The largest absolute Gasteiger partial charge is 0.497 e. The van der Waals surface area contributed by atoms with Gasteiger partial charge in [0.1, 0.15) is 11.5 Å². The van der Waals surface area contributed by atoms with E-state index in [2.05, 4.69) is 10.2 Å². The fourth-order valence-electron chi connectivity index (χ4n) is 2.75. The summed E-state index contributed by atoms with van der Waals surface area (Å²) in [5.41, 5.74) is 1.76. The third-order valence-electron chi connectivity index (χ3n) is 4.27. The third-order valence-corrected chi connectivity index (χ3v) is 5.19. The van der Waals surface area contributed by atoms with E-state index < -0.39 is 0 Å². The fourth-order valence-corrected chi connectivity index (χ4v) is 3.55. The Morgan fingerprint density at radius 2 is 1.76 bits per heavy atom. The van der Waals surface area contributed by atoms with Crippen LogP contribution in [0.2, 0.25) is 0 Å². The minimum atomic E-state index is -0.364. The zero-order valence-corrected chi connectivity index (χ0v) is 17.6. The van der Waals surface area contributed by atoms with Crippen molar-refractivity contribution in [3.05, 3.63) is 54.1 Å². The standard InChI is InChI=1S/C21H23N3O4S/c1-14(20(25)24(2)13-15-8-6-5-7-9-15)29-21-23-22-19(28-21)16-10-17(26-3)12-18(11-16)27-4/h5-12,14H,13H2,1-4H3/t14-/m1/s1. The highest BCUT2D eigenvalue weighted by Crippen LogP contribution is 2.31. The predicted molar refractivity (Wildman–Crippen MR) is 111 cm³/mol. The predicted octanol–water partition coefficient (Wildman–Crippen LogP) is 3.89. The van der Waals surface area contributed by atoms with Gasteiger partial charge in [0, 0.05) is 25.2 Å². The van der Waals surface area contributed by atoms with E-state index in [-0.39, 0.29) is 11.2 Å². The van der Waals surface area contributed by atoms with Crippen LogP contribution in [0, 0.1) is 0 Å². The molecule has 1 amide bonds. The van der Waals surface area contributed by atoms with Gasteiger partial charge < -0.3 is 18.8 Å². The number of nitrogens with zero attached hydrogens (tertiary/aromatic N) is 3. The molecule has 0 aliphatic carbocycles. The number of ether oxygens (including phenoxy) is 2. The minimum absolute atomic E-state index is 0.0124. The van der Waals surface area contributed by atoms with E-state index in [1.807, 2.05) is 37.3 Å². The zero-order valence-electron chi connectivity index (χ0n) is 16.8. The Morgan fingerprint density at radius 1 is 1.10 bits per heavy atom. The highest BCUT2D eigenvalue weighted by atomic mass is 32.2. The minimum Gasteiger partial charge on any atom is -0.497 e. The van der Waals surface area contributed by atoms with Crippen molar-refractivity contribution in [2.75, 3.05) is 21.3 Å². The molecule has 2 aromatic carbocycles. The lowest BCUT2D eigenvalue weighted by atomic mass is 10.2. The lowest BCUT2D eigenvalue weighted by molar-refractivity contribution is -0.129. The molecule has 1 atom stereocenters. The second-order valence-corrected chi connectivity index (χ2v) is 7.71. The van der Waals surface area contributed by atoms with Gasteiger partial charge >= 0.3 is 0 Å². The SMILES string of the molecule is COc1cc(OC)cc(-c2nnc(S[C@H](C)C(=O)N(C)Cc3ccccc3)o2)c1. The number of hydrogen-bond acceptors (Lipinski definition) is 7. The maximum atomic E-state index is 12.7. The van der Waals surface area contributed by atoms with Gasteiger partial charge in [-0.05, 0) is 24.6 Å². The van der Waals surface area contributed by atoms with Crippen LogP contribution in [0.1, 0.15) is 12.5 Å². The van der Waals surface area contributed by atoms with Crippen molar-refractivity contribution in [1.82, 2.24) is 15.1 Å². The molecule has 1 heterocycles. The van der Waals surface area contributed by atoms with Gasteiger partial charge in [0.25, 0.3) is 5.22 Å². The number of hydrogen-bond donors (Lipinski definition) is 0. The van der Waals surface area contributed by atoms with E-state index in [4.69, 9.17) is 13.9 Å². The summed E-state index contributed by atoms with van der Waals surface area (Å²) in [6.45, 7) is 2.37. The number of thioether (sulfide) groups is 1. The molecule has 0 N–H and O–H groups in total. The van der Waals surface area contributed by atoms with Crippen LogP contribution in [-0.4, -0.2) is 47.5 Å². The second kappa shape index (κ2) is 9.47. The molecule has 0 spiro atoms. The van der Waals surface area contributed by atoms with Crippen LogP contribution in [0.4, 0.5) is 0 Å². The molecule has 8 heteroatoms. The zero-order chi connectivity index (χ0) is 20.8. The van der Waals surface area contributed by atoms with Gasteiger partial charge in [-0.15, -0.1) is 10.2 Å². The molecule has 0 unspecified atom stereocenters. The Hall–Kier alpha value is -3.00. The van der Waals surface area contributed by atoms with E-state index >= 15 is 0 Å². The van der Waals surface area contributed by atoms with Crippen LogP contribution in [0.3, 0.4) is 0 Å². The van der Waals surface area contributed by atoms with Crippen LogP contribution < -0.4 is 9.47 Å². The Morgan fingerprint density at radius 3 is 2.38 bits per heavy atom. The Labute approximate surface area is 174 Å². The number of carbonyl (C=O) groups excluding carboxylic acids is 1. The molecule has 0 saturated heterocycles. The number of benzene rings is 2. The van der Waals surface area contributed by atoms with Crippen molar-refractivity contribution in [3.8, 4) is 23.0 Å². The number of carbonyl (C=O) groups is 1. The number of aromatic nitrogens is 2. The summed E-state index contributed by atoms with van der Waals surface area (Å²) in [6.07, 6.45) is 0. The first-order chi connectivity index (χ1) is 14.0. The van der Waals surface area contributed by atoms with E-state index in [1.165, 1.54) is 11.8 Å². The quantitative estimate of drug-likeness (QED) is 0.518. The van der Waals surface area contributed by atoms with Crippen LogP contribution in [0.25, 0.3) is 11.5 Å². The summed E-state index contributed by atoms with van der Waals surface area (Å²) in [5.74, 6) is 1.57. The van der Waals surface area contributed by atoms with Crippen molar-refractivity contribution < 1.29 is 18.7 Å². The first kappa shape index (κ1) is 20.7. The van der Waals surface area contributed by atoms with Gasteiger partial charge in [0.05, 0.1) is 19.5 Å². The van der Waals surface area contributed by atoms with Gasteiger partial charge in [-0.1, -0.05) is 42.1 Å². The maximum Gasteiger partial charge on any atom is 0.277 e. The van der Waals surface area contributed by atoms with Crippen LogP contribution in [0.5, 0.6) is 11.5 Å². The monoisotopic (exact) mass is 413 g/mol. The summed E-state index contributed by atoms with van der Waals surface area (Å²) < 4.78 is 16.3. The van der Waals surface area contributed by atoms with Gasteiger partial charge in [-0.25, -0.2) is 0 Å². The van der Waals surface area contributed by atoms with Gasteiger partial charge in [-0.3, -0.25) is 4.79 Å². The van der Waals surface area contributed by atoms with Crippen molar-refractivity contribution >= 4 is 17.7 Å². The molecule has 29 heavy (non-hydrogen) atoms. The third kappa shape index (κ3) is 5.29. The summed E-state index contributed by atoms with van der Waals surface area (Å²) in [6, 6.07) is 15.2. The molecule has 0 aliphatic rings. The van der Waals surface area contributed by atoms with Crippen molar-refractivity contribution in [2.24, 2.45) is 0 Å². The average molecular weight is 413 g/mol. The average Bonchev–Trinajstić information content (AvgIpc) is 3.21. The van der Waals surface area contributed by atoms with Gasteiger partial charge in [0.2, 0.25) is 11.8 Å². The molecule has 3 rings (SSSR count). The Balaban J connectivity index is 1.67. The van der Waals surface area contributed by atoms with Crippen molar-refractivity contribution in [3.63, 3.8) is 0 Å². The van der Waals surface area contributed by atoms with Crippen molar-refractivity contribution in [1.29, 1.82) is 0 Å². The summed E-state index contributed by atoms with van der Waals surface area (Å²) in [4.78, 5) is 14.4. The molecule has 152 valence electrons. The van der Waals surface area contributed by atoms with Crippen molar-refractivity contribution in [2.45, 2.75) is 23.9 Å². The van der Waals surface area contributed by atoms with Gasteiger partial charge in [0.15, 0.2) is 0 Å². The molecule has 0 radical (unpaired) electrons. The van der Waals surface area contributed by atoms with Crippen LogP contribution in [0.15, 0.2) is 58.2 Å². The molecule has 7 nitrogen and oxygen atoms in total. The first-order valence-corrected chi connectivity index (χ1v) is 9.90. The molecule has 0 aliphatic heterocycles. The molecular formula is C21H23N3O4S. The maximum absolute atomic E-state index is 12.7. The van der Waals surface area contributed by atoms with E-state index in [0.717, 1.165) is 5.56 Å². The molecular weight excluding hydrogens is 390 g/mol. The molecule has 0 fully saturated rings. The highest BCUT2D eigenvalue weighted by molar-refractivity contribution is 8.00. The molecule has 3 aromatic rings. The Kier molecular flexibility index (Phi) is 6.77. The number of amides is 1. The summed E-state index contributed by atoms with van der Waals surface area (Å²) >= 11 is 1.23. The normalized spacial score (nSPS) is 11.7. The molecule has 0 saturated carbocycles. The lowest BCUT2D eigenvalue weighted by Gasteiger charge is -2.20. The Bertz CT molecular complexity index is 939. The topological polar surface area (TPSA) is 77.7 Å². The van der Waals surface area contributed by atoms with E-state index in [0.29, 0.717) is 34.7 Å². The molecule has 1 aromatic heterocycles. The smallest absolute Gasteiger partial charge is 0.277 e. The van der Waals surface area contributed by atoms with Gasteiger partial charge in [-0.2, -0.15) is 0 Å². The second-order valence-electron chi connectivity index (χ2n) is 6.41. The van der Waals surface area contributed by atoms with Crippen LogP contribution >= 0.6 is 11.8 Å². The number of rotatable bonds is 8. The highest BCUT2D eigenvalue weighted by Gasteiger charge is 2.22. The fraction of sp³-hybridized carbons (Fsp3) is 0.286. The van der Waals surface area contributed by atoms with Crippen LogP contribution in [-0.2, 0) is 11.3 Å². The van der Waals surface area contributed by atoms with E-state index in [9.17, 15) is 4.79 Å². The lowest BCUT2D eigenvalue weighted by Crippen LogP contribution is -2.32.